The van der Waals surface area contributed by atoms with Crippen LogP contribution in [0.5, 0.6) is 0 Å². The first-order valence-electron chi connectivity index (χ1n) is 9.81. The molecule has 0 spiro atoms. The molecule has 1 aromatic heterocycles. The van der Waals surface area contributed by atoms with Gasteiger partial charge in [-0.25, -0.2) is 14.8 Å². The van der Waals surface area contributed by atoms with E-state index >= 15 is 0 Å². The SMILES string of the molecule is C=C(C)OC(=O)N1CCC(c2ncnc3cc(N4CCSCC4)ccc23)CC1. The Labute approximate surface area is 170 Å². The van der Waals surface area contributed by atoms with Crippen molar-refractivity contribution < 1.29 is 9.53 Å². The molecule has 0 bridgehead atoms. The lowest BCUT2D eigenvalue weighted by molar-refractivity contribution is 0.117. The molecule has 148 valence electrons. The van der Waals surface area contributed by atoms with Crippen molar-refractivity contribution in [2.75, 3.05) is 42.6 Å². The van der Waals surface area contributed by atoms with Crippen LogP contribution >= 0.6 is 11.8 Å². The minimum absolute atomic E-state index is 0.303. The van der Waals surface area contributed by atoms with Gasteiger partial charge in [-0.3, -0.25) is 0 Å². The Morgan fingerprint density at radius 1 is 1.18 bits per heavy atom. The Bertz CT molecular complexity index is 874. The number of benzene rings is 1. The highest BCUT2D eigenvalue weighted by molar-refractivity contribution is 7.99. The Morgan fingerprint density at radius 2 is 1.93 bits per heavy atom. The number of fused-ring (bicyclic) bond motifs is 1. The highest BCUT2D eigenvalue weighted by Crippen LogP contribution is 2.33. The van der Waals surface area contributed by atoms with Gasteiger partial charge in [-0.15, -0.1) is 0 Å². The average molecular weight is 399 g/mol. The van der Waals surface area contributed by atoms with Gasteiger partial charge >= 0.3 is 6.09 Å². The maximum absolute atomic E-state index is 12.1. The topological polar surface area (TPSA) is 58.6 Å². The van der Waals surface area contributed by atoms with E-state index in [1.807, 2.05) is 11.8 Å². The zero-order chi connectivity index (χ0) is 19.5. The molecule has 0 aliphatic carbocycles. The van der Waals surface area contributed by atoms with E-state index in [1.54, 1.807) is 18.2 Å². The average Bonchev–Trinajstić information content (AvgIpc) is 2.73. The summed E-state index contributed by atoms with van der Waals surface area (Å²) in [6.07, 6.45) is 3.13. The third-order valence-electron chi connectivity index (χ3n) is 5.43. The standard InChI is InChI=1S/C21H26N4O2S/c1-15(2)27-21(26)25-7-5-16(6-8-25)20-18-4-3-17(13-19(18)22-14-23-20)24-9-11-28-12-10-24/h3-4,13-14,16H,1,5-12H2,2H3. The van der Waals surface area contributed by atoms with E-state index in [1.165, 1.54) is 17.2 Å². The van der Waals surface area contributed by atoms with Gasteiger partial charge in [0.1, 0.15) is 6.33 Å². The second-order valence-corrected chi connectivity index (χ2v) is 8.62. The van der Waals surface area contributed by atoms with Gasteiger partial charge in [-0.2, -0.15) is 11.8 Å². The van der Waals surface area contributed by atoms with E-state index in [9.17, 15) is 4.79 Å². The monoisotopic (exact) mass is 398 g/mol. The largest absolute Gasteiger partial charge is 0.416 e. The molecule has 0 atom stereocenters. The van der Waals surface area contributed by atoms with E-state index in [4.69, 9.17) is 4.74 Å². The van der Waals surface area contributed by atoms with Gasteiger partial charge in [0.2, 0.25) is 0 Å². The summed E-state index contributed by atoms with van der Waals surface area (Å²) in [7, 11) is 0. The van der Waals surface area contributed by atoms with Crippen molar-refractivity contribution in [3.8, 4) is 0 Å². The van der Waals surface area contributed by atoms with E-state index in [0.29, 0.717) is 24.8 Å². The van der Waals surface area contributed by atoms with Crippen LogP contribution in [0.2, 0.25) is 0 Å². The van der Waals surface area contributed by atoms with Crippen LogP contribution in [0.25, 0.3) is 10.9 Å². The Kier molecular flexibility index (Phi) is 5.71. The summed E-state index contributed by atoms with van der Waals surface area (Å²) >= 11 is 2.01. The minimum Gasteiger partial charge on any atom is -0.416 e. The summed E-state index contributed by atoms with van der Waals surface area (Å²) in [5, 5.41) is 1.13. The molecule has 7 heteroatoms. The van der Waals surface area contributed by atoms with Gasteiger partial charge in [0.25, 0.3) is 0 Å². The number of amides is 1. The van der Waals surface area contributed by atoms with Crippen LogP contribution in [0.4, 0.5) is 10.5 Å². The molecule has 1 amide bonds. The molecule has 2 aromatic rings. The van der Waals surface area contributed by atoms with Crippen molar-refractivity contribution in [3.63, 3.8) is 0 Å². The first kappa shape index (κ1) is 19.1. The van der Waals surface area contributed by atoms with Crippen molar-refractivity contribution in [1.29, 1.82) is 0 Å². The van der Waals surface area contributed by atoms with Crippen molar-refractivity contribution in [1.82, 2.24) is 14.9 Å². The molecule has 1 aromatic carbocycles. The third-order valence-corrected chi connectivity index (χ3v) is 6.37. The van der Waals surface area contributed by atoms with Crippen LogP contribution < -0.4 is 4.90 Å². The summed E-state index contributed by atoms with van der Waals surface area (Å²) in [5.74, 6) is 3.12. The van der Waals surface area contributed by atoms with E-state index in [2.05, 4.69) is 39.6 Å². The third kappa shape index (κ3) is 4.09. The van der Waals surface area contributed by atoms with Gasteiger partial charge < -0.3 is 14.5 Å². The van der Waals surface area contributed by atoms with Gasteiger partial charge in [-0.1, -0.05) is 6.58 Å². The van der Waals surface area contributed by atoms with Crippen molar-refractivity contribution in [3.05, 3.63) is 42.6 Å². The zero-order valence-electron chi connectivity index (χ0n) is 16.3. The first-order valence-corrected chi connectivity index (χ1v) is 11.0. The number of thioether (sulfide) groups is 1. The van der Waals surface area contributed by atoms with E-state index in [0.717, 1.165) is 42.5 Å². The number of carbonyl (C=O) groups is 1. The molecule has 6 nitrogen and oxygen atoms in total. The fourth-order valence-corrected chi connectivity index (χ4v) is 4.86. The summed E-state index contributed by atoms with van der Waals surface area (Å²) in [5.41, 5.74) is 3.35. The first-order chi connectivity index (χ1) is 13.6. The maximum atomic E-state index is 12.1. The zero-order valence-corrected chi connectivity index (χ0v) is 17.1. The molecule has 0 saturated carbocycles. The van der Waals surface area contributed by atoms with Crippen molar-refractivity contribution >= 4 is 34.4 Å². The highest BCUT2D eigenvalue weighted by Gasteiger charge is 2.27. The maximum Gasteiger partial charge on any atom is 0.414 e. The fraction of sp³-hybridized carbons (Fsp3) is 0.476. The van der Waals surface area contributed by atoms with Crippen LogP contribution in [0.15, 0.2) is 36.9 Å². The number of allylic oxidation sites excluding steroid dienone is 1. The number of piperidine rings is 1. The molecular formula is C21H26N4O2S. The molecule has 2 saturated heterocycles. The lowest BCUT2D eigenvalue weighted by Crippen LogP contribution is -2.38. The number of ether oxygens (including phenoxy) is 1. The minimum atomic E-state index is -0.303. The molecule has 3 heterocycles. The summed E-state index contributed by atoms with van der Waals surface area (Å²) in [6, 6.07) is 6.56. The summed E-state index contributed by atoms with van der Waals surface area (Å²) in [6.45, 7) is 8.85. The van der Waals surface area contributed by atoms with Crippen LogP contribution in [0.1, 0.15) is 31.4 Å². The number of hydrogen-bond acceptors (Lipinski definition) is 6. The Hall–Kier alpha value is -2.28. The van der Waals surface area contributed by atoms with Gasteiger partial charge in [0, 0.05) is 54.7 Å². The predicted octanol–water partition coefficient (Wildman–Crippen LogP) is 4.03. The van der Waals surface area contributed by atoms with Crippen molar-refractivity contribution in [2.24, 2.45) is 0 Å². The quantitative estimate of drug-likeness (QED) is 0.728. The van der Waals surface area contributed by atoms with E-state index in [-0.39, 0.29) is 6.09 Å². The van der Waals surface area contributed by atoms with Gasteiger partial charge in [-0.05, 0) is 38.0 Å². The van der Waals surface area contributed by atoms with Crippen molar-refractivity contribution in [2.45, 2.75) is 25.7 Å². The van der Waals surface area contributed by atoms with Crippen LogP contribution in [0.3, 0.4) is 0 Å². The molecule has 0 N–H and O–H groups in total. The fourth-order valence-electron chi connectivity index (χ4n) is 3.96. The smallest absolute Gasteiger partial charge is 0.414 e. The summed E-state index contributed by atoms with van der Waals surface area (Å²) < 4.78 is 5.13. The molecule has 28 heavy (non-hydrogen) atoms. The second-order valence-electron chi connectivity index (χ2n) is 7.39. The molecule has 0 unspecified atom stereocenters. The molecule has 4 rings (SSSR count). The number of rotatable bonds is 3. The predicted molar refractivity (Wildman–Crippen MR) is 114 cm³/mol. The second kappa shape index (κ2) is 8.39. The number of hydrogen-bond donors (Lipinski definition) is 0. The van der Waals surface area contributed by atoms with Crippen LogP contribution in [-0.4, -0.2) is 58.6 Å². The van der Waals surface area contributed by atoms with E-state index < -0.39 is 0 Å². The molecule has 2 aliphatic heterocycles. The molecular weight excluding hydrogens is 372 g/mol. The number of carbonyl (C=O) groups excluding carboxylic acids is 1. The van der Waals surface area contributed by atoms with Crippen LogP contribution in [-0.2, 0) is 4.74 Å². The van der Waals surface area contributed by atoms with Gasteiger partial charge in [0.05, 0.1) is 17.0 Å². The van der Waals surface area contributed by atoms with Crippen LogP contribution in [0, 0.1) is 0 Å². The summed E-state index contributed by atoms with van der Waals surface area (Å²) in [4.78, 5) is 25.4. The lowest BCUT2D eigenvalue weighted by Gasteiger charge is -2.31. The lowest BCUT2D eigenvalue weighted by atomic mass is 9.91. The Morgan fingerprint density at radius 3 is 2.64 bits per heavy atom. The number of likely N-dealkylation sites (tertiary alicyclic amines) is 1. The number of anilines is 1. The number of aromatic nitrogens is 2. The normalized spacial score (nSPS) is 18.3. The van der Waals surface area contributed by atoms with Gasteiger partial charge in [0.15, 0.2) is 0 Å². The Balaban J connectivity index is 1.50. The molecule has 2 aliphatic rings. The molecule has 2 fully saturated rings. The highest BCUT2D eigenvalue weighted by atomic mass is 32.2. The molecule has 0 radical (unpaired) electrons. The number of nitrogens with zero attached hydrogens (tertiary/aromatic N) is 4.